The van der Waals surface area contributed by atoms with Crippen LogP contribution in [0.5, 0.6) is 0 Å². The zero-order valence-electron chi connectivity index (χ0n) is 13.1. The Balaban J connectivity index is 1.99. The Morgan fingerprint density at radius 1 is 1.17 bits per heavy atom. The van der Waals surface area contributed by atoms with Crippen LogP contribution in [-0.4, -0.2) is 16.0 Å². The van der Waals surface area contributed by atoms with Gasteiger partial charge < -0.3 is 5.32 Å². The summed E-state index contributed by atoms with van der Waals surface area (Å²) >= 11 is 6.12. The quantitative estimate of drug-likeness (QED) is 0.792. The van der Waals surface area contributed by atoms with E-state index in [1.54, 1.807) is 13.1 Å². The fourth-order valence-corrected chi connectivity index (χ4v) is 3.23. The van der Waals surface area contributed by atoms with Crippen LogP contribution in [0.25, 0.3) is 11.1 Å². The van der Waals surface area contributed by atoms with Gasteiger partial charge >= 0.3 is 6.18 Å². The largest absolute Gasteiger partial charge is 0.416 e. The molecule has 0 saturated heterocycles. The van der Waals surface area contributed by atoms with Crippen molar-refractivity contribution in [1.29, 1.82) is 0 Å². The first kappa shape index (κ1) is 17.0. The molecule has 128 valence electrons. The minimum absolute atomic E-state index is 0.0340. The van der Waals surface area contributed by atoms with Crippen molar-refractivity contribution >= 4 is 17.4 Å². The van der Waals surface area contributed by atoms with E-state index in [4.69, 9.17) is 11.6 Å². The summed E-state index contributed by atoms with van der Waals surface area (Å²) in [7, 11) is 0. The van der Waals surface area contributed by atoms with Crippen LogP contribution in [-0.2, 0) is 6.18 Å². The first-order valence-electron chi connectivity index (χ1n) is 7.82. The van der Waals surface area contributed by atoms with Crippen molar-refractivity contribution in [2.45, 2.75) is 44.8 Å². The molecule has 1 aromatic carbocycles. The van der Waals surface area contributed by atoms with Crippen molar-refractivity contribution < 1.29 is 13.2 Å². The van der Waals surface area contributed by atoms with Gasteiger partial charge in [-0.2, -0.15) is 13.2 Å². The molecule has 2 aromatic rings. The molecule has 0 aliphatic heterocycles. The molecule has 0 amide bonds. The van der Waals surface area contributed by atoms with Crippen LogP contribution in [0.4, 0.5) is 19.0 Å². The van der Waals surface area contributed by atoms with Gasteiger partial charge in [-0.15, -0.1) is 0 Å². The SMILES string of the molecule is Cc1ncc(-c2ccc(C(F)(F)F)cc2Cl)c(NC2CCCC2)n1. The maximum atomic E-state index is 12.8. The molecule has 1 aromatic heterocycles. The number of nitrogens with one attached hydrogen (secondary N) is 1. The van der Waals surface area contributed by atoms with Gasteiger partial charge in [0, 0.05) is 28.4 Å². The van der Waals surface area contributed by atoms with Crippen LogP contribution in [0.3, 0.4) is 0 Å². The summed E-state index contributed by atoms with van der Waals surface area (Å²) < 4.78 is 38.4. The lowest BCUT2D eigenvalue weighted by Gasteiger charge is -2.17. The molecule has 7 heteroatoms. The van der Waals surface area contributed by atoms with E-state index in [2.05, 4.69) is 15.3 Å². The molecule has 0 bridgehead atoms. The molecule has 3 nitrogen and oxygen atoms in total. The third-order valence-corrected chi connectivity index (χ3v) is 4.50. The minimum atomic E-state index is -4.42. The van der Waals surface area contributed by atoms with Gasteiger partial charge in [0.1, 0.15) is 11.6 Å². The third-order valence-electron chi connectivity index (χ3n) is 4.19. The molecule has 0 unspecified atom stereocenters. The van der Waals surface area contributed by atoms with Crippen LogP contribution in [0.2, 0.25) is 5.02 Å². The van der Waals surface area contributed by atoms with Crippen LogP contribution in [0.15, 0.2) is 24.4 Å². The van der Waals surface area contributed by atoms with Crippen LogP contribution < -0.4 is 5.32 Å². The Morgan fingerprint density at radius 2 is 1.88 bits per heavy atom. The number of rotatable bonds is 3. The number of benzene rings is 1. The van der Waals surface area contributed by atoms with E-state index in [-0.39, 0.29) is 5.02 Å². The lowest BCUT2D eigenvalue weighted by Crippen LogP contribution is -2.17. The number of hydrogen-bond acceptors (Lipinski definition) is 3. The lowest BCUT2D eigenvalue weighted by molar-refractivity contribution is -0.137. The summed E-state index contributed by atoms with van der Waals surface area (Å²) in [5.74, 6) is 1.22. The predicted octanol–water partition coefficient (Wildman–Crippen LogP) is 5.48. The Morgan fingerprint density at radius 3 is 2.50 bits per heavy atom. The highest BCUT2D eigenvalue weighted by molar-refractivity contribution is 6.33. The van der Waals surface area contributed by atoms with Crippen LogP contribution >= 0.6 is 11.6 Å². The molecule has 0 radical (unpaired) electrons. The Hall–Kier alpha value is -1.82. The highest BCUT2D eigenvalue weighted by Gasteiger charge is 2.31. The highest BCUT2D eigenvalue weighted by Crippen LogP contribution is 2.38. The maximum absolute atomic E-state index is 12.8. The highest BCUT2D eigenvalue weighted by atomic mass is 35.5. The monoisotopic (exact) mass is 355 g/mol. The van der Waals surface area contributed by atoms with Crippen molar-refractivity contribution in [1.82, 2.24) is 9.97 Å². The number of aryl methyl sites for hydroxylation is 1. The summed E-state index contributed by atoms with van der Waals surface area (Å²) in [4.78, 5) is 8.59. The van der Waals surface area contributed by atoms with E-state index >= 15 is 0 Å². The number of alkyl halides is 3. The number of hydrogen-bond donors (Lipinski definition) is 1. The zero-order valence-corrected chi connectivity index (χ0v) is 13.9. The fourth-order valence-electron chi connectivity index (χ4n) is 2.95. The molecule has 1 aliphatic rings. The van der Waals surface area contributed by atoms with Gasteiger partial charge in [0.2, 0.25) is 0 Å². The lowest BCUT2D eigenvalue weighted by atomic mass is 10.0. The smallest absolute Gasteiger partial charge is 0.367 e. The van der Waals surface area contributed by atoms with Crippen molar-refractivity contribution in [2.24, 2.45) is 0 Å². The van der Waals surface area contributed by atoms with E-state index in [0.717, 1.165) is 37.8 Å². The molecule has 0 spiro atoms. The van der Waals surface area contributed by atoms with Crippen molar-refractivity contribution in [3.63, 3.8) is 0 Å². The minimum Gasteiger partial charge on any atom is -0.367 e. The van der Waals surface area contributed by atoms with Crippen molar-refractivity contribution in [3.8, 4) is 11.1 Å². The van der Waals surface area contributed by atoms with Gasteiger partial charge in [-0.3, -0.25) is 0 Å². The molecular formula is C17H17ClF3N3. The van der Waals surface area contributed by atoms with E-state index in [1.165, 1.54) is 6.07 Å². The van der Waals surface area contributed by atoms with Crippen LogP contribution in [0.1, 0.15) is 37.1 Å². The predicted molar refractivity (Wildman–Crippen MR) is 88.1 cm³/mol. The Kier molecular flexibility index (Phi) is 4.67. The second kappa shape index (κ2) is 6.59. The second-order valence-corrected chi connectivity index (χ2v) is 6.40. The number of halogens is 4. The van der Waals surface area contributed by atoms with Gasteiger partial charge in [-0.25, -0.2) is 9.97 Å². The van der Waals surface area contributed by atoms with Crippen molar-refractivity contribution in [2.75, 3.05) is 5.32 Å². The fraction of sp³-hybridized carbons (Fsp3) is 0.412. The molecule has 3 rings (SSSR count). The standard InChI is InChI=1S/C17H17ClF3N3/c1-10-22-9-14(16(23-10)24-12-4-2-3-5-12)13-7-6-11(8-15(13)18)17(19,20)21/h6-9,12H,2-5H2,1H3,(H,22,23,24). The Labute approximate surface area is 143 Å². The average molecular weight is 356 g/mol. The summed E-state index contributed by atoms with van der Waals surface area (Å²) in [6.45, 7) is 1.78. The third kappa shape index (κ3) is 3.64. The zero-order chi connectivity index (χ0) is 17.3. The molecule has 24 heavy (non-hydrogen) atoms. The first-order valence-corrected chi connectivity index (χ1v) is 8.19. The average Bonchev–Trinajstić information content (AvgIpc) is 3.00. The van der Waals surface area contributed by atoms with E-state index in [0.29, 0.717) is 28.8 Å². The summed E-state index contributed by atoms with van der Waals surface area (Å²) in [5, 5.41) is 3.42. The number of nitrogens with zero attached hydrogens (tertiary/aromatic N) is 2. The van der Waals surface area contributed by atoms with E-state index in [9.17, 15) is 13.2 Å². The molecule has 1 N–H and O–H groups in total. The second-order valence-electron chi connectivity index (χ2n) is 6.00. The summed E-state index contributed by atoms with van der Waals surface area (Å²) in [6.07, 6.45) is 1.63. The molecule has 1 saturated carbocycles. The maximum Gasteiger partial charge on any atom is 0.416 e. The topological polar surface area (TPSA) is 37.8 Å². The molecular weight excluding hydrogens is 339 g/mol. The summed E-state index contributed by atoms with van der Waals surface area (Å²) in [5.41, 5.74) is 0.339. The molecule has 1 fully saturated rings. The van der Waals surface area contributed by atoms with E-state index in [1.807, 2.05) is 0 Å². The first-order chi connectivity index (χ1) is 11.3. The molecule has 0 atom stereocenters. The van der Waals surface area contributed by atoms with Gasteiger partial charge in [0.15, 0.2) is 0 Å². The van der Waals surface area contributed by atoms with E-state index < -0.39 is 11.7 Å². The molecule has 1 aliphatic carbocycles. The van der Waals surface area contributed by atoms with Gasteiger partial charge in [-0.05, 0) is 31.9 Å². The Bertz CT molecular complexity index is 740. The number of anilines is 1. The van der Waals surface area contributed by atoms with Gasteiger partial charge in [-0.1, -0.05) is 30.5 Å². The number of aromatic nitrogens is 2. The van der Waals surface area contributed by atoms with Gasteiger partial charge in [0.25, 0.3) is 0 Å². The summed E-state index contributed by atoms with van der Waals surface area (Å²) in [6, 6.07) is 3.67. The van der Waals surface area contributed by atoms with Crippen LogP contribution in [0, 0.1) is 6.92 Å². The van der Waals surface area contributed by atoms with Crippen molar-refractivity contribution in [3.05, 3.63) is 40.8 Å². The normalized spacial score (nSPS) is 15.7. The van der Waals surface area contributed by atoms with Gasteiger partial charge in [0.05, 0.1) is 5.56 Å². The molecule has 1 heterocycles.